The molecule has 1 fully saturated rings. The van der Waals surface area contributed by atoms with E-state index in [0.717, 1.165) is 64.5 Å². The van der Waals surface area contributed by atoms with Crippen molar-refractivity contribution < 1.29 is 5.11 Å². The van der Waals surface area contributed by atoms with Gasteiger partial charge in [0.05, 0.1) is 17.2 Å². The van der Waals surface area contributed by atoms with E-state index in [1.54, 1.807) is 0 Å². The fourth-order valence-electron chi connectivity index (χ4n) is 4.77. The number of nitrogens with zero attached hydrogens (tertiary/aromatic N) is 3. The van der Waals surface area contributed by atoms with Crippen molar-refractivity contribution in [2.75, 3.05) is 18.0 Å². The van der Waals surface area contributed by atoms with Crippen molar-refractivity contribution in [1.82, 2.24) is 9.97 Å². The van der Waals surface area contributed by atoms with Gasteiger partial charge < -0.3 is 10.0 Å². The second kappa shape index (κ2) is 8.62. The SMILES string of the molecule is Cc1cc(-c2ccc3ncc(N4CCC(Cc5ccccc5)CC4)nc3c2)cc(C)c1O. The fourth-order valence-corrected chi connectivity index (χ4v) is 4.77. The zero-order valence-corrected chi connectivity index (χ0v) is 18.8. The summed E-state index contributed by atoms with van der Waals surface area (Å²) in [4.78, 5) is 12.0. The van der Waals surface area contributed by atoms with Gasteiger partial charge in [-0.3, -0.25) is 4.98 Å². The molecule has 1 saturated heterocycles. The number of fused-ring (bicyclic) bond motifs is 1. The molecular weight excluding hydrogens is 394 g/mol. The lowest BCUT2D eigenvalue weighted by molar-refractivity contribution is 0.402. The Kier molecular flexibility index (Phi) is 5.52. The fraction of sp³-hybridized carbons (Fsp3) is 0.286. The molecule has 0 radical (unpaired) electrons. The van der Waals surface area contributed by atoms with Gasteiger partial charge in [-0.15, -0.1) is 0 Å². The van der Waals surface area contributed by atoms with E-state index in [9.17, 15) is 5.11 Å². The first kappa shape index (κ1) is 20.5. The third-order valence-electron chi connectivity index (χ3n) is 6.66. The molecule has 32 heavy (non-hydrogen) atoms. The Morgan fingerprint density at radius 3 is 2.31 bits per heavy atom. The molecule has 0 aliphatic carbocycles. The molecule has 0 amide bonds. The molecule has 5 rings (SSSR count). The number of phenols is 1. The van der Waals surface area contributed by atoms with E-state index in [-0.39, 0.29) is 0 Å². The quantitative estimate of drug-likeness (QED) is 0.432. The Bertz CT molecular complexity index is 1220. The minimum atomic E-state index is 0.368. The minimum absolute atomic E-state index is 0.368. The zero-order valence-electron chi connectivity index (χ0n) is 18.8. The summed E-state index contributed by atoms with van der Waals surface area (Å²) in [6, 6.07) is 21.1. The maximum absolute atomic E-state index is 10.1. The van der Waals surface area contributed by atoms with Gasteiger partial charge in [0.2, 0.25) is 0 Å². The Morgan fingerprint density at radius 2 is 1.59 bits per heavy atom. The Morgan fingerprint density at radius 1 is 0.875 bits per heavy atom. The number of phenolic OH excluding ortho intramolecular Hbond substituents is 1. The van der Waals surface area contributed by atoms with Crippen molar-refractivity contribution in [3.8, 4) is 16.9 Å². The van der Waals surface area contributed by atoms with Crippen LogP contribution in [-0.2, 0) is 6.42 Å². The first-order chi connectivity index (χ1) is 15.6. The molecule has 1 aliphatic heterocycles. The van der Waals surface area contributed by atoms with Gasteiger partial charge in [0, 0.05) is 13.1 Å². The normalized spacial score (nSPS) is 14.8. The molecule has 4 nitrogen and oxygen atoms in total. The van der Waals surface area contributed by atoms with Crippen molar-refractivity contribution in [3.63, 3.8) is 0 Å². The van der Waals surface area contributed by atoms with E-state index in [0.29, 0.717) is 5.75 Å². The molecule has 1 aliphatic rings. The standard InChI is InChI=1S/C28H29N3O/c1-19-14-24(15-20(2)28(19)32)23-8-9-25-26(17-23)30-27(18-29-25)31-12-10-22(11-13-31)16-21-6-4-3-5-7-21/h3-9,14-15,17-18,22,32H,10-13,16H2,1-2H3. The van der Waals surface area contributed by atoms with E-state index < -0.39 is 0 Å². The Labute approximate surface area is 189 Å². The van der Waals surface area contributed by atoms with Gasteiger partial charge >= 0.3 is 0 Å². The van der Waals surface area contributed by atoms with Crippen molar-refractivity contribution in [2.24, 2.45) is 5.92 Å². The van der Waals surface area contributed by atoms with E-state index in [4.69, 9.17) is 4.98 Å². The predicted molar refractivity (Wildman–Crippen MR) is 131 cm³/mol. The van der Waals surface area contributed by atoms with Crippen LogP contribution in [0.25, 0.3) is 22.2 Å². The molecule has 1 N–H and O–H groups in total. The summed E-state index contributed by atoms with van der Waals surface area (Å²) in [6.07, 6.45) is 5.43. The number of anilines is 1. The van der Waals surface area contributed by atoms with Crippen LogP contribution in [0.1, 0.15) is 29.5 Å². The lowest BCUT2D eigenvalue weighted by Crippen LogP contribution is -2.34. The average Bonchev–Trinajstić information content (AvgIpc) is 2.82. The highest BCUT2D eigenvalue weighted by molar-refractivity contribution is 5.82. The summed E-state index contributed by atoms with van der Waals surface area (Å²) in [5.41, 5.74) is 7.21. The summed E-state index contributed by atoms with van der Waals surface area (Å²) in [6.45, 7) is 5.92. The van der Waals surface area contributed by atoms with Gasteiger partial charge in [-0.1, -0.05) is 36.4 Å². The van der Waals surface area contributed by atoms with Gasteiger partial charge in [0.25, 0.3) is 0 Å². The highest BCUT2D eigenvalue weighted by atomic mass is 16.3. The highest BCUT2D eigenvalue weighted by Crippen LogP contribution is 2.31. The second-order valence-corrected chi connectivity index (χ2v) is 9.01. The molecule has 0 unspecified atom stereocenters. The first-order valence-electron chi connectivity index (χ1n) is 11.4. The van der Waals surface area contributed by atoms with Crippen LogP contribution in [0.2, 0.25) is 0 Å². The van der Waals surface area contributed by atoms with Crippen LogP contribution in [0, 0.1) is 19.8 Å². The molecule has 0 bridgehead atoms. The number of piperidine rings is 1. The average molecular weight is 424 g/mol. The Balaban J connectivity index is 1.34. The molecule has 162 valence electrons. The van der Waals surface area contributed by atoms with Crippen LogP contribution in [-0.4, -0.2) is 28.2 Å². The third-order valence-corrected chi connectivity index (χ3v) is 6.66. The summed E-state index contributed by atoms with van der Waals surface area (Å²) in [7, 11) is 0. The zero-order chi connectivity index (χ0) is 22.1. The largest absolute Gasteiger partial charge is 0.507 e. The maximum atomic E-state index is 10.1. The number of benzene rings is 3. The summed E-state index contributed by atoms with van der Waals surface area (Å²) in [5, 5.41) is 10.1. The van der Waals surface area contributed by atoms with Crippen molar-refractivity contribution in [1.29, 1.82) is 0 Å². The number of aromatic hydroxyl groups is 1. The number of rotatable bonds is 4. The van der Waals surface area contributed by atoms with Crippen molar-refractivity contribution in [3.05, 3.63) is 83.6 Å². The number of hydrogen-bond donors (Lipinski definition) is 1. The van der Waals surface area contributed by atoms with Gasteiger partial charge in [-0.05, 0) is 91.1 Å². The molecule has 4 heteroatoms. The van der Waals surface area contributed by atoms with E-state index >= 15 is 0 Å². The van der Waals surface area contributed by atoms with Crippen LogP contribution < -0.4 is 4.90 Å². The molecule has 2 heterocycles. The topological polar surface area (TPSA) is 49.2 Å². The monoisotopic (exact) mass is 423 g/mol. The molecule has 3 aromatic carbocycles. The summed E-state index contributed by atoms with van der Waals surface area (Å²) < 4.78 is 0. The highest BCUT2D eigenvalue weighted by Gasteiger charge is 2.21. The lowest BCUT2D eigenvalue weighted by Gasteiger charge is -2.32. The van der Waals surface area contributed by atoms with Gasteiger partial charge in [0.15, 0.2) is 0 Å². The molecule has 4 aromatic rings. The number of aromatic nitrogens is 2. The number of hydrogen-bond acceptors (Lipinski definition) is 4. The molecule has 1 aromatic heterocycles. The second-order valence-electron chi connectivity index (χ2n) is 9.01. The van der Waals surface area contributed by atoms with Crippen LogP contribution >= 0.6 is 0 Å². The molecule has 0 spiro atoms. The van der Waals surface area contributed by atoms with E-state index in [1.807, 2.05) is 38.2 Å². The van der Waals surface area contributed by atoms with Crippen LogP contribution in [0.5, 0.6) is 5.75 Å². The molecular formula is C28H29N3O. The predicted octanol–water partition coefficient (Wildman–Crippen LogP) is 6.08. The lowest BCUT2D eigenvalue weighted by atomic mass is 9.90. The van der Waals surface area contributed by atoms with Crippen LogP contribution in [0.15, 0.2) is 66.9 Å². The Hall–Kier alpha value is -3.40. The minimum Gasteiger partial charge on any atom is -0.507 e. The van der Waals surface area contributed by atoms with Gasteiger partial charge in [0.1, 0.15) is 11.6 Å². The summed E-state index contributed by atoms with van der Waals surface area (Å²) in [5.74, 6) is 2.06. The van der Waals surface area contributed by atoms with E-state index in [1.165, 1.54) is 18.4 Å². The summed E-state index contributed by atoms with van der Waals surface area (Å²) >= 11 is 0. The van der Waals surface area contributed by atoms with Gasteiger partial charge in [-0.2, -0.15) is 0 Å². The van der Waals surface area contributed by atoms with Crippen molar-refractivity contribution >= 4 is 16.9 Å². The molecule has 0 saturated carbocycles. The first-order valence-corrected chi connectivity index (χ1v) is 11.4. The van der Waals surface area contributed by atoms with Crippen molar-refractivity contribution in [2.45, 2.75) is 33.1 Å². The van der Waals surface area contributed by atoms with E-state index in [2.05, 4.69) is 52.3 Å². The molecule has 0 atom stereocenters. The third kappa shape index (κ3) is 4.18. The maximum Gasteiger partial charge on any atom is 0.147 e. The smallest absolute Gasteiger partial charge is 0.147 e. The van der Waals surface area contributed by atoms with Crippen LogP contribution in [0.4, 0.5) is 5.82 Å². The van der Waals surface area contributed by atoms with Gasteiger partial charge in [-0.25, -0.2) is 4.98 Å². The van der Waals surface area contributed by atoms with Crippen LogP contribution in [0.3, 0.4) is 0 Å². The number of aryl methyl sites for hydroxylation is 2.